The van der Waals surface area contributed by atoms with E-state index in [9.17, 15) is 9.59 Å². The highest BCUT2D eigenvalue weighted by Crippen LogP contribution is 2.40. The average molecular weight is 455 g/mol. The second kappa shape index (κ2) is 11.1. The molecule has 1 aliphatic rings. The van der Waals surface area contributed by atoms with E-state index in [0.717, 1.165) is 12.0 Å². The number of benzene rings is 2. The van der Waals surface area contributed by atoms with E-state index in [4.69, 9.17) is 14.2 Å². The fourth-order valence-corrected chi connectivity index (χ4v) is 4.23. The number of carbonyl (C=O) groups excluding carboxylic acids is 2. The number of rotatable bonds is 9. The van der Waals surface area contributed by atoms with Crippen molar-refractivity contribution >= 4 is 11.8 Å². The third-order valence-electron chi connectivity index (χ3n) is 6.12. The predicted octanol–water partition coefficient (Wildman–Crippen LogP) is 3.73. The normalized spacial score (nSPS) is 17.7. The van der Waals surface area contributed by atoms with Gasteiger partial charge in [-0.3, -0.25) is 9.59 Å². The van der Waals surface area contributed by atoms with Crippen LogP contribution in [0.3, 0.4) is 0 Å². The summed E-state index contributed by atoms with van der Waals surface area (Å²) in [6, 6.07) is 12.7. The number of carbonyl (C=O) groups is 2. The Labute approximate surface area is 196 Å². The Bertz CT molecular complexity index is 975. The maximum atomic E-state index is 13.3. The van der Waals surface area contributed by atoms with Crippen LogP contribution < -0.4 is 19.5 Å². The smallest absolute Gasteiger partial charge is 0.254 e. The molecule has 3 rings (SSSR count). The molecular formula is C26H34N2O5. The number of methoxy groups -OCH3 is 3. The van der Waals surface area contributed by atoms with E-state index in [1.54, 1.807) is 50.5 Å². The quantitative estimate of drug-likeness (QED) is 0.625. The number of nitrogens with one attached hydrogen (secondary N) is 1. The maximum Gasteiger partial charge on any atom is 0.254 e. The zero-order chi connectivity index (χ0) is 24.0. The van der Waals surface area contributed by atoms with Crippen LogP contribution in [0.5, 0.6) is 17.2 Å². The zero-order valence-corrected chi connectivity index (χ0v) is 20.1. The van der Waals surface area contributed by atoms with E-state index in [0.29, 0.717) is 48.4 Å². The second-order valence-corrected chi connectivity index (χ2v) is 8.74. The van der Waals surface area contributed by atoms with Gasteiger partial charge in [0.15, 0.2) is 0 Å². The van der Waals surface area contributed by atoms with E-state index in [2.05, 4.69) is 19.2 Å². The summed E-state index contributed by atoms with van der Waals surface area (Å²) in [5.41, 5.74) is 1.40. The minimum absolute atomic E-state index is 0.0496. The van der Waals surface area contributed by atoms with Crippen LogP contribution in [0.25, 0.3) is 0 Å². The number of likely N-dealkylation sites (tertiary alicyclic amines) is 1. The number of hydrogen-bond acceptors (Lipinski definition) is 5. The highest BCUT2D eigenvalue weighted by Gasteiger charge is 2.42. The summed E-state index contributed by atoms with van der Waals surface area (Å²) in [7, 11) is 4.79. The molecule has 1 fully saturated rings. The first-order valence-electron chi connectivity index (χ1n) is 11.3. The molecule has 7 heteroatoms. The summed E-state index contributed by atoms with van der Waals surface area (Å²) in [6.07, 6.45) is 0.901. The fourth-order valence-electron chi connectivity index (χ4n) is 4.23. The largest absolute Gasteiger partial charge is 0.497 e. The van der Waals surface area contributed by atoms with Crippen molar-refractivity contribution in [2.75, 3.05) is 41.0 Å². The second-order valence-electron chi connectivity index (χ2n) is 8.74. The summed E-state index contributed by atoms with van der Waals surface area (Å²) in [5, 5.41) is 3.07. The molecule has 0 saturated carbocycles. The highest BCUT2D eigenvalue weighted by molar-refractivity contribution is 5.95. The van der Waals surface area contributed by atoms with Crippen LogP contribution in [0, 0.1) is 11.8 Å². The molecule has 178 valence electrons. The Hall–Kier alpha value is -3.22. The van der Waals surface area contributed by atoms with E-state index in [-0.39, 0.29) is 17.7 Å². The number of nitrogens with zero attached hydrogens (tertiary/aromatic N) is 1. The van der Waals surface area contributed by atoms with Crippen LogP contribution in [0.1, 0.15) is 42.1 Å². The van der Waals surface area contributed by atoms with Gasteiger partial charge in [-0.2, -0.15) is 0 Å². The molecule has 0 unspecified atom stereocenters. The van der Waals surface area contributed by atoms with Crippen LogP contribution >= 0.6 is 0 Å². The van der Waals surface area contributed by atoms with Gasteiger partial charge >= 0.3 is 0 Å². The van der Waals surface area contributed by atoms with E-state index >= 15 is 0 Å². The monoisotopic (exact) mass is 454 g/mol. The Morgan fingerprint density at radius 2 is 1.73 bits per heavy atom. The Kier molecular flexibility index (Phi) is 8.20. The van der Waals surface area contributed by atoms with Crippen molar-refractivity contribution in [1.29, 1.82) is 0 Å². The molecule has 1 N–H and O–H groups in total. The number of hydrogen-bond donors (Lipinski definition) is 1. The Morgan fingerprint density at radius 1 is 1.00 bits per heavy atom. The molecule has 1 saturated heterocycles. The topological polar surface area (TPSA) is 77.1 Å². The van der Waals surface area contributed by atoms with Gasteiger partial charge < -0.3 is 24.4 Å². The molecule has 2 aromatic rings. The van der Waals surface area contributed by atoms with E-state index in [1.807, 2.05) is 18.2 Å². The molecule has 33 heavy (non-hydrogen) atoms. The van der Waals surface area contributed by atoms with Crippen LogP contribution in [-0.4, -0.2) is 57.7 Å². The minimum Gasteiger partial charge on any atom is -0.497 e. The molecule has 0 aliphatic carbocycles. The lowest BCUT2D eigenvalue weighted by Gasteiger charge is -2.21. The van der Waals surface area contributed by atoms with Gasteiger partial charge in [0.1, 0.15) is 17.2 Å². The van der Waals surface area contributed by atoms with Crippen molar-refractivity contribution in [3.8, 4) is 17.2 Å². The summed E-state index contributed by atoms with van der Waals surface area (Å²) in [5.74, 6) is 1.68. The van der Waals surface area contributed by atoms with Gasteiger partial charge in [0.25, 0.3) is 5.91 Å². The van der Waals surface area contributed by atoms with Crippen molar-refractivity contribution in [2.24, 2.45) is 11.8 Å². The van der Waals surface area contributed by atoms with Gasteiger partial charge in [-0.05, 0) is 48.7 Å². The van der Waals surface area contributed by atoms with Crippen molar-refractivity contribution < 1.29 is 23.8 Å². The van der Waals surface area contributed by atoms with Gasteiger partial charge in [0.2, 0.25) is 5.91 Å². The summed E-state index contributed by atoms with van der Waals surface area (Å²) >= 11 is 0. The standard InChI is InChI=1S/C26H34N2O5/c1-17(2)11-12-27-25(29)23-16-28(26(30)18-7-6-8-19(13-18)31-3)15-22(23)21-14-20(32-4)9-10-24(21)33-5/h6-10,13-14,17,22-23H,11-12,15-16H2,1-5H3,(H,27,29)/t22-,23-/m1/s1. The first-order valence-corrected chi connectivity index (χ1v) is 11.3. The van der Waals surface area contributed by atoms with Gasteiger partial charge in [-0.25, -0.2) is 0 Å². The molecule has 0 spiro atoms. The molecule has 0 aromatic heterocycles. The van der Waals surface area contributed by atoms with Gasteiger partial charge in [-0.1, -0.05) is 19.9 Å². The highest BCUT2D eigenvalue weighted by atomic mass is 16.5. The van der Waals surface area contributed by atoms with E-state index < -0.39 is 5.92 Å². The van der Waals surface area contributed by atoms with Crippen LogP contribution in [-0.2, 0) is 4.79 Å². The van der Waals surface area contributed by atoms with Crippen molar-refractivity contribution in [3.63, 3.8) is 0 Å². The van der Waals surface area contributed by atoms with Crippen LogP contribution in [0.2, 0.25) is 0 Å². The number of amides is 2. The SMILES string of the molecule is COc1cccc(C(=O)N2C[C@H](c3cc(OC)ccc3OC)[C@H](C(=O)NCCC(C)C)C2)c1. The van der Waals surface area contributed by atoms with Crippen LogP contribution in [0.4, 0.5) is 0 Å². The molecule has 2 atom stereocenters. The summed E-state index contributed by atoms with van der Waals surface area (Å²) in [4.78, 5) is 28.3. The molecule has 7 nitrogen and oxygen atoms in total. The minimum atomic E-state index is -0.396. The molecule has 0 radical (unpaired) electrons. The van der Waals surface area contributed by atoms with Gasteiger partial charge in [0, 0.05) is 36.7 Å². The van der Waals surface area contributed by atoms with Crippen LogP contribution in [0.15, 0.2) is 42.5 Å². The van der Waals surface area contributed by atoms with Crippen molar-refractivity contribution in [2.45, 2.75) is 26.2 Å². The first-order chi connectivity index (χ1) is 15.9. The zero-order valence-electron chi connectivity index (χ0n) is 20.1. The van der Waals surface area contributed by atoms with Crippen molar-refractivity contribution in [1.82, 2.24) is 10.2 Å². The molecule has 2 aromatic carbocycles. The summed E-state index contributed by atoms with van der Waals surface area (Å²) in [6.45, 7) is 5.59. The molecule has 2 amide bonds. The molecule has 0 bridgehead atoms. The lowest BCUT2D eigenvalue weighted by Crippen LogP contribution is -2.36. The predicted molar refractivity (Wildman–Crippen MR) is 127 cm³/mol. The summed E-state index contributed by atoms with van der Waals surface area (Å²) < 4.78 is 16.3. The average Bonchev–Trinajstić information content (AvgIpc) is 3.28. The third kappa shape index (κ3) is 5.78. The Morgan fingerprint density at radius 3 is 2.39 bits per heavy atom. The molecule has 1 heterocycles. The lowest BCUT2D eigenvalue weighted by molar-refractivity contribution is -0.124. The lowest BCUT2D eigenvalue weighted by atomic mass is 9.87. The molecule has 1 aliphatic heterocycles. The van der Waals surface area contributed by atoms with Gasteiger partial charge in [0.05, 0.1) is 27.2 Å². The number of ether oxygens (including phenoxy) is 3. The Balaban J connectivity index is 1.91. The maximum absolute atomic E-state index is 13.3. The molecular weight excluding hydrogens is 420 g/mol. The first kappa shape index (κ1) is 24.4. The van der Waals surface area contributed by atoms with Crippen molar-refractivity contribution in [3.05, 3.63) is 53.6 Å². The van der Waals surface area contributed by atoms with E-state index in [1.165, 1.54) is 0 Å². The third-order valence-corrected chi connectivity index (χ3v) is 6.12. The van der Waals surface area contributed by atoms with Gasteiger partial charge in [-0.15, -0.1) is 0 Å². The fraction of sp³-hybridized carbons (Fsp3) is 0.462.